The van der Waals surface area contributed by atoms with Crippen molar-refractivity contribution in [3.8, 4) is 0 Å². The molecule has 1 amide bonds. The summed E-state index contributed by atoms with van der Waals surface area (Å²) in [6, 6.07) is 8.82. The molecule has 2 N–H and O–H groups in total. The predicted octanol–water partition coefficient (Wildman–Crippen LogP) is 3.79. The number of piperidine rings is 1. The fourth-order valence-electron chi connectivity index (χ4n) is 3.81. The maximum atomic E-state index is 13.3. The first-order chi connectivity index (χ1) is 14.3. The Labute approximate surface area is 187 Å². The molecule has 30 heavy (non-hydrogen) atoms. The molecule has 1 saturated heterocycles. The highest BCUT2D eigenvalue weighted by molar-refractivity contribution is 7.98. The highest BCUT2D eigenvalue weighted by Gasteiger charge is 2.37. The molecule has 1 fully saturated rings. The highest BCUT2D eigenvalue weighted by atomic mass is 35.5. The van der Waals surface area contributed by atoms with Gasteiger partial charge < -0.3 is 15.3 Å². The summed E-state index contributed by atoms with van der Waals surface area (Å²) in [5, 5.41) is 15.0. The number of amides is 1. The second-order valence-corrected chi connectivity index (χ2v) is 9.24. The van der Waals surface area contributed by atoms with Gasteiger partial charge >= 0.3 is 0 Å². The summed E-state index contributed by atoms with van der Waals surface area (Å²) >= 11 is 7.68. The Hall–Kier alpha value is -1.83. The van der Waals surface area contributed by atoms with Crippen LogP contribution in [-0.4, -0.2) is 57.0 Å². The number of carbonyl (C=O) groups excluding carboxylic acids is 1. The topological polar surface area (TPSA) is 78.4 Å². The molecule has 0 bridgehead atoms. The van der Waals surface area contributed by atoms with E-state index in [1.54, 1.807) is 23.9 Å². The Bertz CT molecular complexity index is 850. The standard InChI is InChI=1S/C22H29ClN4O2S/c1-15-14-16(2)25-21(24-15)26-19(8-13-30-3)20(28)27-11-9-22(29,10-12-27)17-4-6-18(23)7-5-17/h4-7,14,19,29H,8-13H2,1-3H3,(H,24,25,26). The van der Waals surface area contributed by atoms with Crippen LogP contribution in [0.1, 0.15) is 36.2 Å². The van der Waals surface area contributed by atoms with E-state index in [1.165, 1.54) is 0 Å². The molecule has 1 atom stereocenters. The maximum Gasteiger partial charge on any atom is 0.245 e. The molecule has 6 nitrogen and oxygen atoms in total. The zero-order valence-electron chi connectivity index (χ0n) is 17.7. The lowest BCUT2D eigenvalue weighted by atomic mass is 9.84. The number of thioether (sulfide) groups is 1. The van der Waals surface area contributed by atoms with Gasteiger partial charge in [-0.3, -0.25) is 4.79 Å². The molecule has 1 aromatic carbocycles. The number of nitrogens with one attached hydrogen (secondary N) is 1. The summed E-state index contributed by atoms with van der Waals surface area (Å²) in [5.41, 5.74) is 1.65. The number of hydrogen-bond donors (Lipinski definition) is 2. The van der Waals surface area contributed by atoms with Crippen molar-refractivity contribution in [2.75, 3.05) is 30.4 Å². The molecule has 1 aliphatic heterocycles. The van der Waals surface area contributed by atoms with E-state index in [1.807, 2.05) is 43.2 Å². The second-order valence-electron chi connectivity index (χ2n) is 7.82. The van der Waals surface area contributed by atoms with Crippen molar-refractivity contribution >= 4 is 35.2 Å². The minimum atomic E-state index is -0.930. The molecule has 2 heterocycles. The van der Waals surface area contributed by atoms with Crippen molar-refractivity contribution in [3.63, 3.8) is 0 Å². The molecule has 0 aliphatic carbocycles. The van der Waals surface area contributed by atoms with Gasteiger partial charge in [-0.15, -0.1) is 0 Å². The quantitative estimate of drug-likeness (QED) is 0.670. The number of aryl methyl sites for hydroxylation is 2. The Balaban J connectivity index is 1.68. The van der Waals surface area contributed by atoms with Gasteiger partial charge in [0.2, 0.25) is 11.9 Å². The molecule has 3 rings (SSSR count). The van der Waals surface area contributed by atoms with Crippen molar-refractivity contribution in [3.05, 3.63) is 52.3 Å². The van der Waals surface area contributed by atoms with Crippen LogP contribution in [0.25, 0.3) is 0 Å². The van der Waals surface area contributed by atoms with E-state index in [0.29, 0.717) is 43.3 Å². The van der Waals surface area contributed by atoms with Gasteiger partial charge in [-0.2, -0.15) is 11.8 Å². The van der Waals surface area contributed by atoms with E-state index in [9.17, 15) is 9.90 Å². The number of carbonyl (C=O) groups is 1. The van der Waals surface area contributed by atoms with Gasteiger partial charge in [0, 0.05) is 29.5 Å². The highest BCUT2D eigenvalue weighted by Crippen LogP contribution is 2.33. The fourth-order valence-corrected chi connectivity index (χ4v) is 4.40. The molecule has 1 aromatic heterocycles. The van der Waals surface area contributed by atoms with E-state index in [0.717, 1.165) is 22.7 Å². The first kappa shape index (κ1) is 22.8. The molecule has 0 radical (unpaired) electrons. The van der Waals surface area contributed by atoms with Crippen LogP contribution < -0.4 is 5.32 Å². The molecule has 1 unspecified atom stereocenters. The molecule has 0 saturated carbocycles. The van der Waals surface area contributed by atoms with Crippen molar-refractivity contribution in [2.45, 2.75) is 44.8 Å². The van der Waals surface area contributed by atoms with E-state index >= 15 is 0 Å². The van der Waals surface area contributed by atoms with Crippen LogP contribution in [0.15, 0.2) is 30.3 Å². The van der Waals surface area contributed by atoms with Gasteiger partial charge in [0.05, 0.1) is 5.60 Å². The van der Waals surface area contributed by atoms with Crippen molar-refractivity contribution in [2.24, 2.45) is 0 Å². The van der Waals surface area contributed by atoms with E-state index in [-0.39, 0.29) is 11.9 Å². The first-order valence-electron chi connectivity index (χ1n) is 10.2. The number of benzene rings is 1. The molecule has 162 valence electrons. The molecule has 1 aliphatic rings. The number of hydrogen-bond acceptors (Lipinski definition) is 6. The Kier molecular flexibility index (Phi) is 7.60. The lowest BCUT2D eigenvalue weighted by molar-refractivity contribution is -0.136. The number of halogens is 1. The largest absolute Gasteiger partial charge is 0.385 e. The van der Waals surface area contributed by atoms with E-state index in [2.05, 4.69) is 15.3 Å². The smallest absolute Gasteiger partial charge is 0.245 e. The van der Waals surface area contributed by atoms with Gasteiger partial charge in [0.15, 0.2) is 0 Å². The summed E-state index contributed by atoms with van der Waals surface area (Å²) < 4.78 is 0. The summed E-state index contributed by atoms with van der Waals surface area (Å²) in [4.78, 5) is 24.0. The first-order valence-corrected chi connectivity index (χ1v) is 11.9. The molecular formula is C22H29ClN4O2S. The Morgan fingerprint density at radius 3 is 2.40 bits per heavy atom. The minimum absolute atomic E-state index is 0.0324. The van der Waals surface area contributed by atoms with Gasteiger partial charge in [0.25, 0.3) is 0 Å². The van der Waals surface area contributed by atoms with Crippen LogP contribution >= 0.6 is 23.4 Å². The number of aliphatic hydroxyl groups is 1. The van der Waals surface area contributed by atoms with Crippen LogP contribution in [0, 0.1) is 13.8 Å². The molecule has 2 aromatic rings. The maximum absolute atomic E-state index is 13.3. The van der Waals surface area contributed by atoms with Crippen LogP contribution in [0.4, 0.5) is 5.95 Å². The SMILES string of the molecule is CSCCC(Nc1nc(C)cc(C)n1)C(=O)N1CCC(O)(c2ccc(Cl)cc2)CC1. The number of likely N-dealkylation sites (tertiary alicyclic amines) is 1. The van der Waals surface area contributed by atoms with Crippen molar-refractivity contribution < 1.29 is 9.90 Å². The summed E-state index contributed by atoms with van der Waals surface area (Å²) in [6.45, 7) is 4.84. The average molecular weight is 449 g/mol. The van der Waals surface area contributed by atoms with Crippen LogP contribution in [-0.2, 0) is 10.4 Å². The van der Waals surface area contributed by atoms with Crippen LogP contribution in [0.3, 0.4) is 0 Å². The Morgan fingerprint density at radius 1 is 1.23 bits per heavy atom. The minimum Gasteiger partial charge on any atom is -0.385 e. The van der Waals surface area contributed by atoms with E-state index in [4.69, 9.17) is 11.6 Å². The van der Waals surface area contributed by atoms with Crippen LogP contribution in [0.2, 0.25) is 5.02 Å². The molecule has 0 spiro atoms. The fraction of sp³-hybridized carbons (Fsp3) is 0.500. The van der Waals surface area contributed by atoms with Gasteiger partial charge in [-0.05, 0) is 68.9 Å². The molecular weight excluding hydrogens is 420 g/mol. The van der Waals surface area contributed by atoms with Crippen molar-refractivity contribution in [1.29, 1.82) is 0 Å². The summed E-state index contributed by atoms with van der Waals surface area (Å²) in [5.74, 6) is 1.38. The normalized spacial score (nSPS) is 16.9. The third kappa shape index (κ3) is 5.65. The lowest BCUT2D eigenvalue weighted by Gasteiger charge is -2.39. The van der Waals surface area contributed by atoms with E-state index < -0.39 is 5.60 Å². The molecule has 8 heteroatoms. The van der Waals surface area contributed by atoms with Crippen LogP contribution in [0.5, 0.6) is 0 Å². The number of aromatic nitrogens is 2. The third-order valence-electron chi connectivity index (χ3n) is 5.48. The monoisotopic (exact) mass is 448 g/mol. The number of rotatable bonds is 7. The van der Waals surface area contributed by atoms with Gasteiger partial charge in [-0.1, -0.05) is 23.7 Å². The zero-order valence-corrected chi connectivity index (χ0v) is 19.3. The zero-order chi connectivity index (χ0) is 21.7. The number of anilines is 1. The predicted molar refractivity (Wildman–Crippen MR) is 123 cm³/mol. The Morgan fingerprint density at radius 2 is 1.83 bits per heavy atom. The van der Waals surface area contributed by atoms with Gasteiger partial charge in [0.1, 0.15) is 6.04 Å². The average Bonchev–Trinajstić information content (AvgIpc) is 2.71. The second kappa shape index (κ2) is 9.98. The van der Waals surface area contributed by atoms with Gasteiger partial charge in [-0.25, -0.2) is 9.97 Å². The summed E-state index contributed by atoms with van der Waals surface area (Å²) in [7, 11) is 0. The lowest BCUT2D eigenvalue weighted by Crippen LogP contribution is -2.50. The number of nitrogens with zero attached hydrogens (tertiary/aromatic N) is 3. The summed E-state index contributed by atoms with van der Waals surface area (Å²) in [6.07, 6.45) is 3.71. The third-order valence-corrected chi connectivity index (χ3v) is 6.37. The van der Waals surface area contributed by atoms with Crippen molar-refractivity contribution in [1.82, 2.24) is 14.9 Å².